The predicted octanol–water partition coefficient (Wildman–Crippen LogP) is 5.92. The van der Waals surface area contributed by atoms with Crippen molar-refractivity contribution in [1.29, 1.82) is 0 Å². The molecule has 0 aliphatic rings. The van der Waals surface area contributed by atoms with E-state index in [-0.39, 0.29) is 27.6 Å². The third-order valence-electron chi connectivity index (χ3n) is 4.99. The summed E-state index contributed by atoms with van der Waals surface area (Å²) in [6, 6.07) is 15.3. The Morgan fingerprint density at radius 1 is 1.16 bits per heavy atom. The van der Waals surface area contributed by atoms with E-state index in [1.807, 2.05) is 31.4 Å². The number of benzene rings is 2. The van der Waals surface area contributed by atoms with Crippen LogP contribution in [-0.2, 0) is 16.7 Å². The molecule has 3 aromatic rings. The van der Waals surface area contributed by atoms with Crippen molar-refractivity contribution in [2.75, 3.05) is 0 Å². The van der Waals surface area contributed by atoms with Gasteiger partial charge in [-0.1, -0.05) is 48.9 Å². The van der Waals surface area contributed by atoms with Gasteiger partial charge in [0.15, 0.2) is 0 Å². The summed E-state index contributed by atoms with van der Waals surface area (Å²) in [5, 5.41) is 1.98. The van der Waals surface area contributed by atoms with Crippen LogP contribution in [0.25, 0.3) is 0 Å². The molecular weight excluding hydrogens is 454 g/mol. The van der Waals surface area contributed by atoms with Gasteiger partial charge < -0.3 is 9.08 Å². The molecule has 0 N–H and O–H groups in total. The Labute approximate surface area is 192 Å². The van der Waals surface area contributed by atoms with Gasteiger partial charge in [-0.25, -0.2) is 0 Å². The summed E-state index contributed by atoms with van der Waals surface area (Å²) in [6.45, 7) is 6.03. The van der Waals surface area contributed by atoms with E-state index in [0.717, 1.165) is 12.0 Å². The summed E-state index contributed by atoms with van der Waals surface area (Å²) in [7, 11) is -4.10. The maximum absolute atomic E-state index is 13.0. The standard InChI is InChI=1S/C23H24ClNO4S2/c1-4-17(3)25(23(26)21-12-7-13-30-21)15-18-9-6-10-19(14-18)29-31(27,28)22-16(2)8-5-11-20(22)24/h5-14,17H,4,15H2,1-3H3. The molecule has 0 bridgehead atoms. The van der Waals surface area contributed by atoms with Crippen molar-refractivity contribution in [2.45, 2.75) is 44.7 Å². The predicted molar refractivity (Wildman–Crippen MR) is 124 cm³/mol. The average Bonchev–Trinajstić information content (AvgIpc) is 3.25. The molecule has 0 fully saturated rings. The van der Waals surface area contributed by atoms with E-state index in [4.69, 9.17) is 15.8 Å². The van der Waals surface area contributed by atoms with Crippen LogP contribution in [0.3, 0.4) is 0 Å². The Morgan fingerprint density at radius 3 is 2.55 bits per heavy atom. The topological polar surface area (TPSA) is 63.7 Å². The average molecular weight is 478 g/mol. The molecule has 1 amide bonds. The van der Waals surface area contributed by atoms with Crippen molar-refractivity contribution in [3.63, 3.8) is 0 Å². The van der Waals surface area contributed by atoms with Gasteiger partial charge in [-0.15, -0.1) is 11.3 Å². The molecule has 0 saturated heterocycles. The lowest BCUT2D eigenvalue weighted by Gasteiger charge is -2.28. The fourth-order valence-electron chi connectivity index (χ4n) is 3.18. The Morgan fingerprint density at radius 2 is 1.90 bits per heavy atom. The maximum atomic E-state index is 13.0. The summed E-state index contributed by atoms with van der Waals surface area (Å²) in [5.41, 5.74) is 1.28. The smallest absolute Gasteiger partial charge is 0.340 e. The van der Waals surface area contributed by atoms with Crippen molar-refractivity contribution >= 4 is 39.0 Å². The van der Waals surface area contributed by atoms with Crippen LogP contribution in [0, 0.1) is 6.92 Å². The lowest BCUT2D eigenvalue weighted by Crippen LogP contribution is -2.37. The quantitative estimate of drug-likeness (QED) is 0.378. The molecule has 5 nitrogen and oxygen atoms in total. The first-order valence-electron chi connectivity index (χ1n) is 9.86. The van der Waals surface area contributed by atoms with Gasteiger partial charge in [0.25, 0.3) is 5.91 Å². The minimum atomic E-state index is -4.10. The van der Waals surface area contributed by atoms with E-state index >= 15 is 0 Å². The molecule has 1 aromatic heterocycles. The highest BCUT2D eigenvalue weighted by molar-refractivity contribution is 7.87. The van der Waals surface area contributed by atoms with Crippen molar-refractivity contribution in [1.82, 2.24) is 4.90 Å². The van der Waals surface area contributed by atoms with E-state index in [1.165, 1.54) is 17.4 Å². The maximum Gasteiger partial charge on any atom is 0.340 e. The zero-order valence-corrected chi connectivity index (χ0v) is 19.9. The van der Waals surface area contributed by atoms with Gasteiger partial charge in [0, 0.05) is 12.6 Å². The summed E-state index contributed by atoms with van der Waals surface area (Å²) in [6.07, 6.45) is 0.799. The molecule has 2 aromatic carbocycles. The molecule has 31 heavy (non-hydrogen) atoms. The van der Waals surface area contributed by atoms with E-state index in [0.29, 0.717) is 17.0 Å². The first-order chi connectivity index (χ1) is 14.7. The fraction of sp³-hybridized carbons (Fsp3) is 0.261. The van der Waals surface area contributed by atoms with Crippen molar-refractivity contribution in [3.05, 3.63) is 81.0 Å². The normalized spacial score (nSPS) is 12.4. The van der Waals surface area contributed by atoms with Crippen LogP contribution in [-0.4, -0.2) is 25.3 Å². The van der Waals surface area contributed by atoms with Gasteiger partial charge >= 0.3 is 10.1 Å². The number of hydrogen-bond acceptors (Lipinski definition) is 5. The van der Waals surface area contributed by atoms with Gasteiger partial charge in [-0.05, 0) is 61.0 Å². The third kappa shape index (κ3) is 5.47. The summed E-state index contributed by atoms with van der Waals surface area (Å²) in [5.74, 6) is 0.125. The minimum absolute atomic E-state index is 0.0219. The lowest BCUT2D eigenvalue weighted by atomic mass is 10.1. The van der Waals surface area contributed by atoms with Crippen LogP contribution in [0.15, 0.2) is 64.9 Å². The van der Waals surface area contributed by atoms with Crippen LogP contribution in [0.4, 0.5) is 0 Å². The van der Waals surface area contributed by atoms with Crippen LogP contribution in [0.2, 0.25) is 5.02 Å². The molecule has 3 rings (SSSR count). The zero-order valence-electron chi connectivity index (χ0n) is 17.5. The third-order valence-corrected chi connectivity index (χ3v) is 7.73. The summed E-state index contributed by atoms with van der Waals surface area (Å²) in [4.78, 5) is 15.4. The number of hydrogen-bond donors (Lipinski definition) is 0. The number of thiophene rings is 1. The largest absolute Gasteiger partial charge is 0.379 e. The second-order valence-corrected chi connectivity index (χ2v) is 10.1. The molecule has 0 aliphatic carbocycles. The molecular formula is C23H24ClNO4S2. The fourth-order valence-corrected chi connectivity index (χ4v) is 5.58. The SMILES string of the molecule is CCC(C)N(Cc1cccc(OS(=O)(=O)c2c(C)cccc2Cl)c1)C(=O)c1cccs1. The Hall–Kier alpha value is -2.35. The van der Waals surface area contributed by atoms with Crippen molar-refractivity contribution < 1.29 is 17.4 Å². The molecule has 0 aliphatic heterocycles. The number of carbonyl (C=O) groups excluding carboxylic acids is 1. The van der Waals surface area contributed by atoms with Gasteiger partial charge in [-0.2, -0.15) is 8.42 Å². The number of rotatable bonds is 8. The second-order valence-electron chi connectivity index (χ2n) is 7.24. The molecule has 0 spiro atoms. The van der Waals surface area contributed by atoms with Crippen molar-refractivity contribution in [2.24, 2.45) is 0 Å². The molecule has 1 heterocycles. The number of aryl methyl sites for hydroxylation is 1. The number of nitrogens with zero attached hydrogens (tertiary/aromatic N) is 1. The number of amides is 1. The summed E-state index contributed by atoms with van der Waals surface area (Å²) >= 11 is 7.51. The highest BCUT2D eigenvalue weighted by Gasteiger charge is 2.24. The molecule has 0 radical (unpaired) electrons. The molecule has 0 saturated carbocycles. The summed E-state index contributed by atoms with van der Waals surface area (Å²) < 4.78 is 31.0. The monoisotopic (exact) mass is 477 g/mol. The van der Waals surface area contributed by atoms with Gasteiger partial charge in [-0.3, -0.25) is 4.79 Å². The molecule has 1 unspecified atom stereocenters. The first-order valence-corrected chi connectivity index (χ1v) is 12.5. The highest BCUT2D eigenvalue weighted by atomic mass is 35.5. The van der Waals surface area contributed by atoms with Crippen molar-refractivity contribution in [3.8, 4) is 5.75 Å². The van der Waals surface area contributed by atoms with Gasteiger partial charge in [0.1, 0.15) is 10.6 Å². The number of carbonyl (C=O) groups is 1. The molecule has 1 atom stereocenters. The Kier molecular flexibility index (Phi) is 7.41. The zero-order chi connectivity index (χ0) is 22.6. The second kappa shape index (κ2) is 9.85. The van der Waals surface area contributed by atoms with Crippen LogP contribution in [0.5, 0.6) is 5.75 Å². The first kappa shape index (κ1) is 23.3. The lowest BCUT2D eigenvalue weighted by molar-refractivity contribution is 0.0676. The van der Waals surface area contributed by atoms with Gasteiger partial charge in [0.2, 0.25) is 0 Å². The van der Waals surface area contributed by atoms with E-state index in [1.54, 1.807) is 48.2 Å². The van der Waals surface area contributed by atoms with Crippen LogP contribution < -0.4 is 4.18 Å². The van der Waals surface area contributed by atoms with E-state index in [9.17, 15) is 13.2 Å². The van der Waals surface area contributed by atoms with Crippen LogP contribution in [0.1, 0.15) is 41.1 Å². The van der Waals surface area contributed by atoms with E-state index < -0.39 is 10.1 Å². The Balaban J connectivity index is 1.86. The highest BCUT2D eigenvalue weighted by Crippen LogP contribution is 2.28. The van der Waals surface area contributed by atoms with Gasteiger partial charge in [0.05, 0.1) is 9.90 Å². The number of halogens is 1. The van der Waals surface area contributed by atoms with E-state index in [2.05, 4.69) is 0 Å². The van der Waals surface area contributed by atoms with Crippen LogP contribution >= 0.6 is 22.9 Å². The molecule has 164 valence electrons. The Bertz CT molecular complexity index is 1140. The molecule has 8 heteroatoms. The minimum Gasteiger partial charge on any atom is -0.379 e.